The van der Waals surface area contributed by atoms with Gasteiger partial charge in [0.1, 0.15) is 11.2 Å². The summed E-state index contributed by atoms with van der Waals surface area (Å²) in [6.45, 7) is 8.48. The molecule has 5 rings (SSSR count). The molecule has 0 spiro atoms. The Balaban J connectivity index is 1.56. The predicted octanol–water partition coefficient (Wildman–Crippen LogP) is 5.24. The van der Waals surface area contributed by atoms with Crippen molar-refractivity contribution < 1.29 is 0 Å². The number of aryl methyl sites for hydroxylation is 4. The maximum atomic E-state index is 13.2. The Morgan fingerprint density at radius 3 is 2.77 bits per heavy atom. The van der Waals surface area contributed by atoms with Gasteiger partial charge in [-0.15, -0.1) is 11.3 Å². The average Bonchev–Trinajstić information content (AvgIpc) is 3.27. The van der Waals surface area contributed by atoms with Gasteiger partial charge in [-0.25, -0.2) is 4.98 Å². The lowest BCUT2D eigenvalue weighted by Gasteiger charge is -2.14. The summed E-state index contributed by atoms with van der Waals surface area (Å²) in [6.07, 6.45) is 7.69. The molecule has 4 aromatic rings. The molecule has 3 aromatic heterocycles. The van der Waals surface area contributed by atoms with E-state index >= 15 is 0 Å². The molecule has 0 bridgehead atoms. The largest absolute Gasteiger partial charge is 0.318 e. The fourth-order valence-corrected chi connectivity index (χ4v) is 5.83. The van der Waals surface area contributed by atoms with Crippen LogP contribution in [0.5, 0.6) is 0 Å². The van der Waals surface area contributed by atoms with Crippen molar-refractivity contribution in [1.29, 1.82) is 0 Å². The summed E-state index contributed by atoms with van der Waals surface area (Å²) in [5.74, 6) is 0. The van der Waals surface area contributed by atoms with Crippen molar-refractivity contribution in [2.75, 3.05) is 0 Å². The van der Waals surface area contributed by atoms with Crippen molar-refractivity contribution in [3.05, 3.63) is 79.5 Å². The Morgan fingerprint density at radius 1 is 1.13 bits per heavy atom. The zero-order valence-electron chi connectivity index (χ0n) is 18.4. The predicted molar refractivity (Wildman–Crippen MR) is 128 cm³/mol. The van der Waals surface area contributed by atoms with Crippen molar-refractivity contribution in [3.8, 4) is 5.69 Å². The highest BCUT2D eigenvalue weighted by Crippen LogP contribution is 2.33. The third-order valence-corrected chi connectivity index (χ3v) is 7.67. The van der Waals surface area contributed by atoms with Gasteiger partial charge in [0, 0.05) is 27.5 Å². The summed E-state index contributed by atoms with van der Waals surface area (Å²) >= 11 is 1.67. The molecule has 0 unspecified atom stereocenters. The molecule has 0 amide bonds. The lowest BCUT2D eigenvalue weighted by atomic mass is 9.97. The highest BCUT2D eigenvalue weighted by Gasteiger charge is 2.20. The first kappa shape index (κ1) is 19.9. The highest BCUT2D eigenvalue weighted by molar-refractivity contribution is 7.18. The van der Waals surface area contributed by atoms with E-state index in [1.165, 1.54) is 38.4 Å². The SMILES string of the molecule is Cc1cccc(-n2c(C)cc(C=Nn3cnc4sc5c(c4c3=O)CCCC5)c2C)c1C. The first-order chi connectivity index (χ1) is 15.0. The van der Waals surface area contributed by atoms with E-state index in [2.05, 4.69) is 66.6 Å². The number of rotatable bonds is 3. The zero-order chi connectivity index (χ0) is 21.7. The van der Waals surface area contributed by atoms with E-state index in [0.717, 1.165) is 46.4 Å². The molecule has 0 fully saturated rings. The maximum absolute atomic E-state index is 13.2. The Morgan fingerprint density at radius 2 is 1.94 bits per heavy atom. The van der Waals surface area contributed by atoms with E-state index in [-0.39, 0.29) is 5.56 Å². The number of aromatic nitrogens is 3. The van der Waals surface area contributed by atoms with Crippen molar-refractivity contribution in [2.45, 2.75) is 53.4 Å². The van der Waals surface area contributed by atoms with Gasteiger partial charge in [0.15, 0.2) is 0 Å². The van der Waals surface area contributed by atoms with Crippen LogP contribution in [0, 0.1) is 27.7 Å². The summed E-state index contributed by atoms with van der Waals surface area (Å²) < 4.78 is 3.64. The fourth-order valence-electron chi connectivity index (χ4n) is 4.61. The molecule has 3 heterocycles. The second kappa shape index (κ2) is 7.61. The highest BCUT2D eigenvalue weighted by atomic mass is 32.1. The van der Waals surface area contributed by atoms with Crippen LogP contribution in [-0.4, -0.2) is 20.4 Å². The van der Waals surface area contributed by atoms with Crippen LogP contribution in [0.25, 0.3) is 15.9 Å². The quantitative estimate of drug-likeness (QED) is 0.417. The molecule has 5 nitrogen and oxygen atoms in total. The Labute approximate surface area is 185 Å². The number of thiophene rings is 1. The van der Waals surface area contributed by atoms with Crippen molar-refractivity contribution in [1.82, 2.24) is 14.2 Å². The minimum Gasteiger partial charge on any atom is -0.318 e. The van der Waals surface area contributed by atoms with E-state index in [9.17, 15) is 4.79 Å². The molecule has 1 aromatic carbocycles. The minimum atomic E-state index is -0.0658. The third-order valence-electron chi connectivity index (χ3n) is 6.47. The van der Waals surface area contributed by atoms with Gasteiger partial charge in [0.05, 0.1) is 11.6 Å². The van der Waals surface area contributed by atoms with Crippen molar-refractivity contribution in [3.63, 3.8) is 0 Å². The van der Waals surface area contributed by atoms with Crippen LogP contribution in [0.15, 0.2) is 40.5 Å². The molecule has 0 N–H and O–H groups in total. The molecule has 0 atom stereocenters. The Hall–Kier alpha value is -2.99. The average molecular weight is 431 g/mol. The first-order valence-corrected chi connectivity index (χ1v) is 11.6. The molecule has 0 radical (unpaired) electrons. The molecule has 31 heavy (non-hydrogen) atoms. The fraction of sp³-hybridized carbons (Fsp3) is 0.320. The van der Waals surface area contributed by atoms with Gasteiger partial charge in [-0.3, -0.25) is 4.79 Å². The van der Waals surface area contributed by atoms with E-state index < -0.39 is 0 Å². The lowest BCUT2D eigenvalue weighted by molar-refractivity contribution is 0.699. The zero-order valence-corrected chi connectivity index (χ0v) is 19.2. The standard InChI is InChI=1S/C25H26N4OS/c1-15-8-7-10-21(17(15)3)29-16(2)12-19(18(29)4)13-27-28-14-26-24-23(25(28)30)20-9-5-6-11-22(20)31-24/h7-8,10,12-14H,5-6,9,11H2,1-4H3. The summed E-state index contributed by atoms with van der Waals surface area (Å²) in [4.78, 5) is 19.9. The maximum Gasteiger partial charge on any atom is 0.282 e. The van der Waals surface area contributed by atoms with Gasteiger partial charge in [-0.1, -0.05) is 12.1 Å². The molecule has 1 aliphatic rings. The van der Waals surface area contributed by atoms with Gasteiger partial charge in [0.2, 0.25) is 0 Å². The molecule has 0 saturated heterocycles. The van der Waals surface area contributed by atoms with E-state index in [1.807, 2.05) is 0 Å². The molecular weight excluding hydrogens is 404 g/mol. The number of hydrogen-bond acceptors (Lipinski definition) is 4. The van der Waals surface area contributed by atoms with Crippen LogP contribution >= 0.6 is 11.3 Å². The third kappa shape index (κ3) is 3.26. The monoisotopic (exact) mass is 430 g/mol. The number of benzene rings is 1. The summed E-state index contributed by atoms with van der Waals surface area (Å²) in [5.41, 5.74) is 8.08. The van der Waals surface area contributed by atoms with Gasteiger partial charge >= 0.3 is 0 Å². The molecule has 0 saturated carbocycles. The summed E-state index contributed by atoms with van der Waals surface area (Å²) in [6, 6.07) is 8.48. The van der Waals surface area contributed by atoms with Gasteiger partial charge in [0.25, 0.3) is 5.56 Å². The van der Waals surface area contributed by atoms with Crippen LogP contribution in [0.3, 0.4) is 0 Å². The topological polar surface area (TPSA) is 52.2 Å². The molecule has 1 aliphatic carbocycles. The summed E-state index contributed by atoms with van der Waals surface area (Å²) in [5, 5.41) is 5.28. The molecule has 158 valence electrons. The first-order valence-electron chi connectivity index (χ1n) is 10.8. The second-order valence-corrected chi connectivity index (χ2v) is 9.49. The van der Waals surface area contributed by atoms with E-state index in [1.54, 1.807) is 23.9 Å². The van der Waals surface area contributed by atoms with Crippen LogP contribution in [0.4, 0.5) is 0 Å². The van der Waals surface area contributed by atoms with Crippen LogP contribution in [0.2, 0.25) is 0 Å². The van der Waals surface area contributed by atoms with Crippen LogP contribution in [0.1, 0.15) is 51.4 Å². The second-order valence-electron chi connectivity index (χ2n) is 8.41. The van der Waals surface area contributed by atoms with E-state index in [0.29, 0.717) is 0 Å². The Kier molecular flexibility index (Phi) is 4.89. The van der Waals surface area contributed by atoms with Crippen LogP contribution in [-0.2, 0) is 12.8 Å². The number of fused-ring (bicyclic) bond motifs is 3. The minimum absolute atomic E-state index is 0.0658. The molecule has 6 heteroatoms. The van der Waals surface area contributed by atoms with Gasteiger partial charge in [-0.05, 0) is 82.2 Å². The van der Waals surface area contributed by atoms with Crippen molar-refractivity contribution >= 4 is 27.8 Å². The van der Waals surface area contributed by atoms with Crippen LogP contribution < -0.4 is 5.56 Å². The molecular formula is C25H26N4OS. The van der Waals surface area contributed by atoms with Gasteiger partial charge < -0.3 is 4.57 Å². The number of nitrogens with zero attached hydrogens (tertiary/aromatic N) is 4. The number of hydrogen-bond donors (Lipinski definition) is 0. The Bertz CT molecular complexity index is 1400. The lowest BCUT2D eigenvalue weighted by Crippen LogP contribution is -2.18. The normalized spacial score (nSPS) is 13.9. The smallest absolute Gasteiger partial charge is 0.282 e. The van der Waals surface area contributed by atoms with E-state index in [4.69, 9.17) is 0 Å². The van der Waals surface area contributed by atoms with Crippen molar-refractivity contribution in [2.24, 2.45) is 5.10 Å². The summed E-state index contributed by atoms with van der Waals surface area (Å²) in [7, 11) is 0. The van der Waals surface area contributed by atoms with Gasteiger partial charge in [-0.2, -0.15) is 9.78 Å². The molecule has 0 aliphatic heterocycles.